The molecule has 0 aliphatic carbocycles. The number of likely N-dealkylation sites (N-methyl/N-ethyl adjacent to an activating group) is 1. The van der Waals surface area contributed by atoms with Crippen LogP contribution in [0.15, 0.2) is 36.5 Å². The molecule has 1 heterocycles. The Labute approximate surface area is 143 Å². The number of amides is 1. The summed E-state index contributed by atoms with van der Waals surface area (Å²) in [5, 5.41) is 2.99. The molecule has 2 rings (SSSR count). The van der Waals surface area contributed by atoms with Crippen molar-refractivity contribution in [3.63, 3.8) is 0 Å². The van der Waals surface area contributed by atoms with Crippen LogP contribution in [0.4, 0.5) is 0 Å². The van der Waals surface area contributed by atoms with E-state index in [2.05, 4.69) is 20.9 Å². The minimum Gasteiger partial charge on any atom is -0.493 e. The van der Waals surface area contributed by atoms with Gasteiger partial charge in [-0.3, -0.25) is 9.69 Å². The molecule has 0 unspecified atom stereocenters. The third-order valence-corrected chi connectivity index (χ3v) is 4.05. The Morgan fingerprint density at radius 2 is 1.92 bits per heavy atom. The number of ether oxygens (including phenoxy) is 2. The molecule has 0 aliphatic heterocycles. The van der Waals surface area contributed by atoms with Crippen molar-refractivity contribution in [2.75, 3.05) is 34.9 Å². The Morgan fingerprint density at radius 1 is 1.21 bits per heavy atom. The first-order valence-electron chi connectivity index (χ1n) is 7.75. The van der Waals surface area contributed by atoms with Gasteiger partial charge in [0.25, 0.3) is 5.91 Å². The molecule has 2 aromatic rings. The fourth-order valence-electron chi connectivity index (χ4n) is 2.64. The number of rotatable bonds is 7. The Hall–Kier alpha value is -2.47. The second-order valence-electron chi connectivity index (χ2n) is 5.80. The second kappa shape index (κ2) is 7.88. The highest BCUT2D eigenvalue weighted by Crippen LogP contribution is 2.27. The SMILES string of the molecule is COc1ccc(C(=O)NC[C@H](c2cccn2C)N(C)C)cc1OC. The highest BCUT2D eigenvalue weighted by Gasteiger charge is 2.18. The molecule has 0 saturated heterocycles. The van der Waals surface area contributed by atoms with Crippen molar-refractivity contribution < 1.29 is 14.3 Å². The fourth-order valence-corrected chi connectivity index (χ4v) is 2.64. The van der Waals surface area contributed by atoms with Gasteiger partial charge in [0.15, 0.2) is 11.5 Å². The standard InChI is InChI=1S/C18H25N3O3/c1-20(2)15(14-7-6-10-21(14)3)12-19-18(22)13-8-9-16(23-4)17(11-13)24-5/h6-11,15H,12H2,1-5H3,(H,19,22)/t15-/m1/s1. The molecule has 0 radical (unpaired) electrons. The lowest BCUT2D eigenvalue weighted by Gasteiger charge is -2.25. The van der Waals surface area contributed by atoms with Crippen LogP contribution in [0.25, 0.3) is 0 Å². The predicted octanol–water partition coefficient (Wildman–Crippen LogP) is 2.08. The zero-order valence-corrected chi connectivity index (χ0v) is 14.9. The van der Waals surface area contributed by atoms with E-state index in [1.165, 1.54) is 0 Å². The lowest BCUT2D eigenvalue weighted by atomic mass is 10.1. The number of hydrogen-bond acceptors (Lipinski definition) is 4. The van der Waals surface area contributed by atoms with Gasteiger partial charge in [0.1, 0.15) is 0 Å². The molecule has 6 heteroatoms. The number of carbonyl (C=O) groups excluding carboxylic acids is 1. The largest absolute Gasteiger partial charge is 0.493 e. The maximum atomic E-state index is 12.5. The monoisotopic (exact) mass is 331 g/mol. The van der Waals surface area contributed by atoms with E-state index in [0.717, 1.165) is 5.69 Å². The van der Waals surface area contributed by atoms with Crippen LogP contribution in [0.5, 0.6) is 11.5 Å². The number of carbonyl (C=O) groups is 1. The zero-order valence-electron chi connectivity index (χ0n) is 14.9. The quantitative estimate of drug-likeness (QED) is 0.844. The third-order valence-electron chi connectivity index (χ3n) is 4.05. The van der Waals surface area contributed by atoms with Crippen LogP contribution in [0.2, 0.25) is 0 Å². The molecule has 0 bridgehead atoms. The van der Waals surface area contributed by atoms with Crippen molar-refractivity contribution >= 4 is 5.91 Å². The van der Waals surface area contributed by atoms with Gasteiger partial charge in [-0.05, 0) is 44.4 Å². The maximum Gasteiger partial charge on any atom is 0.251 e. The van der Waals surface area contributed by atoms with Crippen LogP contribution in [0.3, 0.4) is 0 Å². The van der Waals surface area contributed by atoms with Gasteiger partial charge in [-0.15, -0.1) is 0 Å². The van der Waals surface area contributed by atoms with Crippen LogP contribution in [-0.2, 0) is 7.05 Å². The average molecular weight is 331 g/mol. The number of hydrogen-bond donors (Lipinski definition) is 1. The molecule has 0 fully saturated rings. The van der Waals surface area contributed by atoms with Gasteiger partial charge in [0.05, 0.1) is 20.3 Å². The Bertz CT molecular complexity index is 695. The first-order chi connectivity index (χ1) is 11.5. The number of methoxy groups -OCH3 is 2. The molecule has 1 aromatic carbocycles. The van der Waals surface area contributed by atoms with Gasteiger partial charge >= 0.3 is 0 Å². The lowest BCUT2D eigenvalue weighted by Crippen LogP contribution is -2.35. The number of aromatic nitrogens is 1. The first kappa shape index (κ1) is 17.9. The third kappa shape index (κ3) is 3.89. The minimum absolute atomic E-state index is 0.0918. The van der Waals surface area contributed by atoms with E-state index in [1.54, 1.807) is 32.4 Å². The fraction of sp³-hybridized carbons (Fsp3) is 0.389. The second-order valence-corrected chi connectivity index (χ2v) is 5.80. The van der Waals surface area contributed by atoms with E-state index in [9.17, 15) is 4.79 Å². The van der Waals surface area contributed by atoms with Gasteiger partial charge < -0.3 is 19.4 Å². The predicted molar refractivity (Wildman–Crippen MR) is 93.7 cm³/mol. The van der Waals surface area contributed by atoms with E-state index in [4.69, 9.17) is 9.47 Å². The number of nitrogens with one attached hydrogen (secondary N) is 1. The van der Waals surface area contributed by atoms with Crippen molar-refractivity contribution in [3.8, 4) is 11.5 Å². The molecule has 1 aromatic heterocycles. The summed E-state index contributed by atoms with van der Waals surface area (Å²) in [5.41, 5.74) is 1.68. The molecule has 6 nitrogen and oxygen atoms in total. The van der Waals surface area contributed by atoms with Crippen LogP contribution in [-0.4, -0.2) is 50.2 Å². The number of nitrogens with zero attached hydrogens (tertiary/aromatic N) is 2. The van der Waals surface area contributed by atoms with Crippen LogP contribution < -0.4 is 14.8 Å². The zero-order chi connectivity index (χ0) is 17.7. The van der Waals surface area contributed by atoms with Crippen molar-refractivity contribution in [3.05, 3.63) is 47.8 Å². The molecule has 24 heavy (non-hydrogen) atoms. The Balaban J connectivity index is 2.10. The van der Waals surface area contributed by atoms with Gasteiger partial charge in [-0.25, -0.2) is 0 Å². The lowest BCUT2D eigenvalue weighted by molar-refractivity contribution is 0.0940. The van der Waals surface area contributed by atoms with E-state index in [1.807, 2.05) is 33.4 Å². The van der Waals surface area contributed by atoms with Crippen molar-refractivity contribution in [1.82, 2.24) is 14.8 Å². The smallest absolute Gasteiger partial charge is 0.251 e. The maximum absolute atomic E-state index is 12.5. The summed E-state index contributed by atoms with van der Waals surface area (Å²) < 4.78 is 12.5. The molecule has 0 saturated carbocycles. The Morgan fingerprint density at radius 3 is 2.46 bits per heavy atom. The summed E-state index contributed by atoms with van der Waals surface area (Å²) in [6.07, 6.45) is 2.00. The highest BCUT2D eigenvalue weighted by molar-refractivity contribution is 5.94. The van der Waals surface area contributed by atoms with Gasteiger partial charge in [0.2, 0.25) is 0 Å². The molecule has 0 spiro atoms. The summed E-state index contributed by atoms with van der Waals surface area (Å²) in [7, 11) is 9.12. The van der Waals surface area contributed by atoms with Crippen LogP contribution in [0, 0.1) is 0 Å². The van der Waals surface area contributed by atoms with Crippen molar-refractivity contribution in [2.45, 2.75) is 6.04 Å². The van der Waals surface area contributed by atoms with Gasteiger partial charge in [-0.1, -0.05) is 0 Å². The summed E-state index contributed by atoms with van der Waals surface area (Å²) in [5.74, 6) is 0.998. The molecule has 1 amide bonds. The summed E-state index contributed by atoms with van der Waals surface area (Å²) >= 11 is 0. The molecular weight excluding hydrogens is 306 g/mol. The summed E-state index contributed by atoms with van der Waals surface area (Å²) in [6, 6.07) is 9.29. The van der Waals surface area contributed by atoms with Gasteiger partial charge in [-0.2, -0.15) is 0 Å². The first-order valence-corrected chi connectivity index (χ1v) is 7.75. The molecular formula is C18H25N3O3. The average Bonchev–Trinajstić information content (AvgIpc) is 2.99. The van der Waals surface area contributed by atoms with E-state index >= 15 is 0 Å². The minimum atomic E-state index is -0.142. The summed E-state index contributed by atoms with van der Waals surface area (Å²) in [6.45, 7) is 0.512. The molecule has 1 atom stereocenters. The van der Waals surface area contributed by atoms with E-state index in [-0.39, 0.29) is 11.9 Å². The molecule has 0 aliphatic rings. The van der Waals surface area contributed by atoms with E-state index in [0.29, 0.717) is 23.6 Å². The normalized spacial score (nSPS) is 12.1. The van der Waals surface area contributed by atoms with Crippen molar-refractivity contribution in [2.24, 2.45) is 7.05 Å². The number of benzene rings is 1. The van der Waals surface area contributed by atoms with Crippen molar-refractivity contribution in [1.29, 1.82) is 0 Å². The van der Waals surface area contributed by atoms with Crippen LogP contribution in [0.1, 0.15) is 22.1 Å². The van der Waals surface area contributed by atoms with Crippen LogP contribution >= 0.6 is 0 Å². The molecule has 130 valence electrons. The Kier molecular flexibility index (Phi) is 5.87. The highest BCUT2D eigenvalue weighted by atomic mass is 16.5. The number of aryl methyl sites for hydroxylation is 1. The topological polar surface area (TPSA) is 55.7 Å². The van der Waals surface area contributed by atoms with Gasteiger partial charge in [0, 0.05) is 31.0 Å². The summed E-state index contributed by atoms with van der Waals surface area (Å²) in [4.78, 5) is 14.5. The van der Waals surface area contributed by atoms with E-state index < -0.39 is 0 Å². The molecule has 1 N–H and O–H groups in total.